The lowest BCUT2D eigenvalue weighted by Gasteiger charge is -2.34. The molecule has 0 saturated carbocycles. The monoisotopic (exact) mass is 469 g/mol. The van der Waals surface area contributed by atoms with Crippen molar-refractivity contribution in [1.29, 1.82) is 0 Å². The maximum atomic E-state index is 13.2. The van der Waals surface area contributed by atoms with Crippen molar-refractivity contribution in [3.05, 3.63) is 95.6 Å². The summed E-state index contributed by atoms with van der Waals surface area (Å²) in [5.74, 6) is -1.02. The van der Waals surface area contributed by atoms with Gasteiger partial charge in [-0.25, -0.2) is 0 Å². The SMILES string of the molecule is O=C(NCc1ccccc1)[C@H]1CN(C(=O)CCN2C(=O)c3ccccc3C2=O)c2ccccc2O1. The number of benzene rings is 3. The van der Waals surface area contributed by atoms with E-state index in [4.69, 9.17) is 4.74 Å². The largest absolute Gasteiger partial charge is 0.477 e. The second kappa shape index (κ2) is 9.42. The summed E-state index contributed by atoms with van der Waals surface area (Å²) in [5.41, 5.74) is 2.19. The summed E-state index contributed by atoms with van der Waals surface area (Å²) in [7, 11) is 0. The molecule has 2 aliphatic heterocycles. The van der Waals surface area contributed by atoms with Crippen LogP contribution in [0.2, 0.25) is 0 Å². The molecule has 0 bridgehead atoms. The van der Waals surface area contributed by atoms with Gasteiger partial charge in [0, 0.05) is 19.5 Å². The second-order valence-corrected chi connectivity index (χ2v) is 8.34. The van der Waals surface area contributed by atoms with E-state index in [9.17, 15) is 19.2 Å². The molecule has 0 saturated heterocycles. The van der Waals surface area contributed by atoms with Gasteiger partial charge in [0.15, 0.2) is 6.10 Å². The van der Waals surface area contributed by atoms with Gasteiger partial charge >= 0.3 is 0 Å². The van der Waals surface area contributed by atoms with Crippen LogP contribution in [0.1, 0.15) is 32.7 Å². The number of carbonyl (C=O) groups excluding carboxylic acids is 4. The molecule has 176 valence electrons. The maximum absolute atomic E-state index is 13.2. The fraction of sp³-hybridized carbons (Fsp3) is 0.185. The summed E-state index contributed by atoms with van der Waals surface area (Å²) < 4.78 is 5.89. The van der Waals surface area contributed by atoms with Crippen LogP contribution in [0, 0.1) is 0 Å². The molecule has 0 radical (unpaired) electrons. The average molecular weight is 469 g/mol. The van der Waals surface area contributed by atoms with Crippen molar-refractivity contribution in [2.24, 2.45) is 0 Å². The minimum Gasteiger partial charge on any atom is -0.477 e. The van der Waals surface area contributed by atoms with Gasteiger partial charge in [-0.3, -0.25) is 24.1 Å². The molecule has 0 aromatic heterocycles. The van der Waals surface area contributed by atoms with Crippen molar-refractivity contribution in [1.82, 2.24) is 10.2 Å². The van der Waals surface area contributed by atoms with E-state index in [-0.39, 0.29) is 31.3 Å². The Hall–Kier alpha value is -4.46. The smallest absolute Gasteiger partial charge is 0.263 e. The first-order valence-electron chi connectivity index (χ1n) is 11.4. The zero-order valence-corrected chi connectivity index (χ0v) is 18.8. The third-order valence-corrected chi connectivity index (χ3v) is 6.10. The molecule has 4 amide bonds. The summed E-state index contributed by atoms with van der Waals surface area (Å²) in [6.45, 7) is 0.322. The third-order valence-electron chi connectivity index (χ3n) is 6.10. The molecule has 2 aliphatic rings. The number of imide groups is 1. The number of nitrogens with one attached hydrogen (secondary N) is 1. The van der Waals surface area contributed by atoms with Crippen LogP contribution in [0.3, 0.4) is 0 Å². The molecule has 3 aromatic carbocycles. The molecule has 2 heterocycles. The second-order valence-electron chi connectivity index (χ2n) is 8.34. The first-order valence-corrected chi connectivity index (χ1v) is 11.4. The number of carbonyl (C=O) groups is 4. The predicted molar refractivity (Wildman–Crippen MR) is 128 cm³/mol. The van der Waals surface area contributed by atoms with Crippen LogP contribution in [0.15, 0.2) is 78.9 Å². The molecule has 3 aromatic rings. The molecule has 8 heteroatoms. The molecule has 0 fully saturated rings. The number of nitrogens with zero attached hydrogens (tertiary/aromatic N) is 2. The molecule has 0 aliphatic carbocycles. The van der Waals surface area contributed by atoms with Crippen molar-refractivity contribution in [3.8, 4) is 5.75 Å². The highest BCUT2D eigenvalue weighted by Crippen LogP contribution is 2.34. The van der Waals surface area contributed by atoms with Crippen molar-refractivity contribution in [2.45, 2.75) is 19.1 Å². The molecular weight excluding hydrogens is 446 g/mol. The van der Waals surface area contributed by atoms with Gasteiger partial charge in [0.1, 0.15) is 5.75 Å². The summed E-state index contributed by atoms with van der Waals surface area (Å²) in [4.78, 5) is 53.9. The number of anilines is 1. The number of para-hydroxylation sites is 2. The predicted octanol–water partition coefficient (Wildman–Crippen LogP) is 2.78. The van der Waals surface area contributed by atoms with Crippen molar-refractivity contribution >= 4 is 29.3 Å². The van der Waals surface area contributed by atoms with Gasteiger partial charge in [0.2, 0.25) is 5.91 Å². The van der Waals surface area contributed by atoms with E-state index in [1.807, 2.05) is 30.3 Å². The van der Waals surface area contributed by atoms with E-state index >= 15 is 0 Å². The molecule has 0 spiro atoms. The molecule has 1 atom stereocenters. The molecular formula is C27H23N3O5. The van der Waals surface area contributed by atoms with Crippen LogP contribution in [0.25, 0.3) is 0 Å². The Kier molecular flexibility index (Phi) is 6.01. The number of hydrogen-bond acceptors (Lipinski definition) is 5. The van der Waals surface area contributed by atoms with Crippen molar-refractivity contribution < 1.29 is 23.9 Å². The van der Waals surface area contributed by atoms with Gasteiger partial charge in [-0.1, -0.05) is 54.6 Å². The fourth-order valence-electron chi connectivity index (χ4n) is 4.29. The lowest BCUT2D eigenvalue weighted by molar-refractivity contribution is -0.128. The number of hydrogen-bond donors (Lipinski definition) is 1. The zero-order chi connectivity index (χ0) is 24.4. The lowest BCUT2D eigenvalue weighted by Crippen LogP contribution is -2.51. The van der Waals surface area contributed by atoms with Crippen molar-refractivity contribution in [2.75, 3.05) is 18.0 Å². The highest BCUT2D eigenvalue weighted by Gasteiger charge is 2.37. The minimum atomic E-state index is -0.892. The van der Waals surface area contributed by atoms with Gasteiger partial charge in [-0.2, -0.15) is 0 Å². The van der Waals surface area contributed by atoms with Gasteiger partial charge in [-0.15, -0.1) is 0 Å². The van der Waals surface area contributed by atoms with E-state index in [0.717, 1.165) is 10.5 Å². The fourth-order valence-corrected chi connectivity index (χ4v) is 4.29. The normalized spacial score (nSPS) is 16.4. The van der Waals surface area contributed by atoms with Gasteiger partial charge in [-0.05, 0) is 29.8 Å². The van der Waals surface area contributed by atoms with E-state index in [2.05, 4.69) is 5.32 Å². The Morgan fingerprint density at radius 3 is 2.20 bits per heavy atom. The Morgan fingerprint density at radius 1 is 0.857 bits per heavy atom. The summed E-state index contributed by atoms with van der Waals surface area (Å²) in [5, 5.41) is 2.86. The molecule has 0 unspecified atom stereocenters. The topological polar surface area (TPSA) is 96.0 Å². The summed E-state index contributed by atoms with van der Waals surface area (Å²) in [6.07, 6.45) is -0.963. The van der Waals surface area contributed by atoms with Crippen LogP contribution in [0.4, 0.5) is 5.69 Å². The molecule has 5 rings (SSSR count). The van der Waals surface area contributed by atoms with E-state index < -0.39 is 17.9 Å². The Balaban J connectivity index is 1.27. The highest BCUT2D eigenvalue weighted by molar-refractivity contribution is 6.21. The number of ether oxygens (including phenoxy) is 1. The summed E-state index contributed by atoms with van der Waals surface area (Å²) in [6, 6.07) is 23.1. The van der Waals surface area contributed by atoms with E-state index in [1.54, 1.807) is 48.5 Å². The zero-order valence-electron chi connectivity index (χ0n) is 18.8. The van der Waals surface area contributed by atoms with Gasteiger partial charge in [0.05, 0.1) is 23.4 Å². The molecule has 35 heavy (non-hydrogen) atoms. The van der Waals surface area contributed by atoms with Crippen LogP contribution < -0.4 is 15.0 Å². The standard InChI is InChI=1S/C27H23N3O5/c31-24(14-15-29-26(33)19-10-4-5-11-20(19)27(29)34)30-17-23(35-22-13-7-6-12-21(22)30)25(32)28-16-18-8-2-1-3-9-18/h1-13,23H,14-17H2,(H,28,32)/t23-/m1/s1. The number of rotatable bonds is 6. The summed E-state index contributed by atoms with van der Waals surface area (Å²) >= 11 is 0. The third kappa shape index (κ3) is 4.38. The maximum Gasteiger partial charge on any atom is 0.263 e. The first-order chi connectivity index (χ1) is 17.0. The minimum absolute atomic E-state index is 0.0264. The van der Waals surface area contributed by atoms with Crippen LogP contribution in [-0.2, 0) is 16.1 Å². The van der Waals surface area contributed by atoms with Crippen LogP contribution in [-0.4, -0.2) is 47.7 Å². The van der Waals surface area contributed by atoms with Crippen molar-refractivity contribution in [3.63, 3.8) is 0 Å². The Morgan fingerprint density at radius 2 is 1.49 bits per heavy atom. The molecule has 1 N–H and O–H groups in total. The first kappa shape index (κ1) is 22.3. The van der Waals surface area contributed by atoms with Gasteiger partial charge in [0.25, 0.3) is 17.7 Å². The quantitative estimate of drug-likeness (QED) is 0.560. The van der Waals surface area contributed by atoms with Crippen LogP contribution in [0.5, 0.6) is 5.75 Å². The van der Waals surface area contributed by atoms with E-state index in [1.165, 1.54) is 4.90 Å². The van der Waals surface area contributed by atoms with Gasteiger partial charge < -0.3 is 15.0 Å². The van der Waals surface area contributed by atoms with E-state index in [0.29, 0.717) is 29.1 Å². The molecule has 8 nitrogen and oxygen atoms in total. The Bertz CT molecular complexity index is 1270. The Labute approximate surface area is 202 Å². The highest BCUT2D eigenvalue weighted by atomic mass is 16.5. The lowest BCUT2D eigenvalue weighted by atomic mass is 10.1. The number of amides is 4. The number of fused-ring (bicyclic) bond motifs is 2. The average Bonchev–Trinajstić information content (AvgIpc) is 3.15. The van der Waals surface area contributed by atoms with Crippen LogP contribution >= 0.6 is 0 Å².